The Labute approximate surface area is 154 Å². The summed E-state index contributed by atoms with van der Waals surface area (Å²) in [5.74, 6) is 2.02. The van der Waals surface area contributed by atoms with Crippen LogP contribution in [0.4, 0.5) is 5.82 Å². The minimum Gasteiger partial charge on any atom is -0.485 e. The van der Waals surface area contributed by atoms with Crippen LogP contribution in [0, 0.1) is 0 Å². The van der Waals surface area contributed by atoms with Crippen molar-refractivity contribution < 1.29 is 14.3 Å². The maximum absolute atomic E-state index is 12.8. The zero-order valence-corrected chi connectivity index (χ0v) is 14.4. The summed E-state index contributed by atoms with van der Waals surface area (Å²) in [6, 6.07) is 11.1. The maximum Gasteiger partial charge on any atom is 0.267 e. The fraction of sp³-hybridized carbons (Fsp3) is 0.353. The molecule has 0 bridgehead atoms. The summed E-state index contributed by atoms with van der Waals surface area (Å²) in [7, 11) is 0. The molecule has 0 unspecified atom stereocenters. The Bertz CT molecular complexity index is 983. The van der Waals surface area contributed by atoms with Gasteiger partial charge in [-0.2, -0.15) is 0 Å². The highest BCUT2D eigenvalue weighted by molar-refractivity contribution is 5.82. The van der Waals surface area contributed by atoms with Crippen molar-refractivity contribution >= 4 is 17.4 Å². The third-order valence-electron chi connectivity index (χ3n) is 4.75. The van der Waals surface area contributed by atoms with Gasteiger partial charge in [-0.3, -0.25) is 4.79 Å². The van der Waals surface area contributed by atoms with Crippen LogP contribution in [0.5, 0.6) is 11.5 Å². The van der Waals surface area contributed by atoms with Gasteiger partial charge in [-0.1, -0.05) is 12.1 Å². The van der Waals surface area contributed by atoms with Gasteiger partial charge < -0.3 is 19.3 Å². The first-order valence-electron chi connectivity index (χ1n) is 8.75. The normalized spacial score (nSPS) is 19.3. The molecule has 27 heavy (non-hydrogen) atoms. The van der Waals surface area contributed by atoms with Crippen molar-refractivity contribution in [2.75, 3.05) is 37.7 Å². The smallest absolute Gasteiger partial charge is 0.267 e. The van der Waals surface area contributed by atoms with Crippen LogP contribution in [0.1, 0.15) is 0 Å². The Morgan fingerprint density at radius 2 is 1.85 bits per heavy atom. The number of carbonyl (C=O) groups excluding carboxylic acids is 1. The number of fused-ring (bicyclic) bond motifs is 2. The predicted octanol–water partition coefficient (Wildman–Crippen LogP) is 0.00790. The minimum absolute atomic E-state index is 0.0481. The third-order valence-corrected chi connectivity index (χ3v) is 4.75. The van der Waals surface area contributed by atoms with Gasteiger partial charge in [-0.05, 0) is 34.7 Å². The number of anilines is 1. The molecular formula is C17H17N7O3. The largest absolute Gasteiger partial charge is 0.485 e. The number of para-hydroxylation sites is 2. The highest BCUT2D eigenvalue weighted by atomic mass is 16.6. The van der Waals surface area contributed by atoms with Crippen LogP contribution in [0.15, 0.2) is 36.4 Å². The van der Waals surface area contributed by atoms with Gasteiger partial charge >= 0.3 is 0 Å². The standard InChI is InChI=1S/C17H17N7O3/c25-17(14-11-26-12-3-1-2-4-13(12)27-14)23-9-7-22(8-10-23)16-6-5-15-18-20-21-24(15)19-16/h1-6,14H,7-11H2/t14-/m1/s1. The first-order chi connectivity index (χ1) is 13.3. The summed E-state index contributed by atoms with van der Waals surface area (Å²) in [5, 5.41) is 15.7. The number of amides is 1. The molecule has 2 aliphatic heterocycles. The molecule has 3 aromatic rings. The summed E-state index contributed by atoms with van der Waals surface area (Å²) in [4.78, 5) is 16.7. The fourth-order valence-corrected chi connectivity index (χ4v) is 3.31. The molecule has 2 aliphatic rings. The van der Waals surface area contributed by atoms with Crippen LogP contribution in [0.3, 0.4) is 0 Å². The lowest BCUT2D eigenvalue weighted by atomic mass is 10.2. The molecule has 0 N–H and O–H groups in total. The van der Waals surface area contributed by atoms with E-state index in [1.165, 1.54) is 4.63 Å². The lowest BCUT2D eigenvalue weighted by molar-refractivity contribution is -0.141. The first-order valence-corrected chi connectivity index (χ1v) is 8.75. The number of nitrogens with zero attached hydrogens (tertiary/aromatic N) is 7. The molecule has 0 saturated carbocycles. The van der Waals surface area contributed by atoms with Crippen LogP contribution in [0.2, 0.25) is 0 Å². The highest BCUT2D eigenvalue weighted by Gasteiger charge is 2.32. The molecule has 10 heteroatoms. The van der Waals surface area contributed by atoms with Crippen LogP contribution >= 0.6 is 0 Å². The quantitative estimate of drug-likeness (QED) is 0.625. The summed E-state index contributed by atoms with van der Waals surface area (Å²) < 4.78 is 12.9. The van der Waals surface area contributed by atoms with E-state index < -0.39 is 6.10 Å². The summed E-state index contributed by atoms with van der Waals surface area (Å²) in [6.45, 7) is 2.77. The summed E-state index contributed by atoms with van der Waals surface area (Å²) in [6.07, 6.45) is -0.609. The lowest BCUT2D eigenvalue weighted by Crippen LogP contribution is -2.54. The van der Waals surface area contributed by atoms with Crippen LogP contribution in [-0.4, -0.2) is 75.0 Å². The van der Waals surface area contributed by atoms with Gasteiger partial charge in [0.2, 0.25) is 6.10 Å². The molecule has 1 fully saturated rings. The molecule has 2 aromatic heterocycles. The van der Waals surface area contributed by atoms with Crippen molar-refractivity contribution in [2.45, 2.75) is 6.10 Å². The Hall–Kier alpha value is -3.43. The van der Waals surface area contributed by atoms with Gasteiger partial charge in [-0.25, -0.2) is 0 Å². The number of aromatic nitrogens is 5. The van der Waals surface area contributed by atoms with Gasteiger partial charge in [-0.15, -0.1) is 14.8 Å². The SMILES string of the molecule is O=C([C@H]1COc2ccccc2O1)N1CCN(c2ccc3nnnn3n2)CC1. The van der Waals surface area contributed by atoms with E-state index in [0.717, 1.165) is 5.82 Å². The van der Waals surface area contributed by atoms with Crippen molar-refractivity contribution in [3.63, 3.8) is 0 Å². The number of hydrogen-bond donors (Lipinski definition) is 0. The van der Waals surface area contributed by atoms with E-state index in [-0.39, 0.29) is 12.5 Å². The second-order valence-corrected chi connectivity index (χ2v) is 6.39. The molecule has 0 aliphatic carbocycles. The topological polar surface area (TPSA) is 98.0 Å². The zero-order valence-electron chi connectivity index (χ0n) is 14.4. The molecule has 0 spiro atoms. The predicted molar refractivity (Wildman–Crippen MR) is 93.7 cm³/mol. The summed E-state index contributed by atoms with van der Waals surface area (Å²) >= 11 is 0. The monoisotopic (exact) mass is 367 g/mol. The van der Waals surface area contributed by atoms with E-state index >= 15 is 0 Å². The fourth-order valence-electron chi connectivity index (χ4n) is 3.31. The molecule has 1 amide bonds. The summed E-state index contributed by atoms with van der Waals surface area (Å²) in [5.41, 5.74) is 0.599. The van der Waals surface area contributed by atoms with Gasteiger partial charge in [0.05, 0.1) is 0 Å². The van der Waals surface area contributed by atoms with E-state index in [1.54, 1.807) is 0 Å². The number of ether oxygens (including phenoxy) is 2. The number of benzene rings is 1. The Morgan fingerprint density at radius 1 is 1.04 bits per heavy atom. The Kier molecular flexibility index (Phi) is 3.73. The molecule has 0 radical (unpaired) electrons. The average molecular weight is 367 g/mol. The van der Waals surface area contributed by atoms with E-state index in [4.69, 9.17) is 9.47 Å². The number of hydrogen-bond acceptors (Lipinski definition) is 8. The lowest BCUT2D eigenvalue weighted by Gasteiger charge is -2.37. The molecule has 138 valence electrons. The van der Waals surface area contributed by atoms with Crippen LogP contribution in [-0.2, 0) is 4.79 Å². The second-order valence-electron chi connectivity index (χ2n) is 6.39. The van der Waals surface area contributed by atoms with Crippen molar-refractivity contribution in [3.8, 4) is 11.5 Å². The number of tetrazole rings is 1. The van der Waals surface area contributed by atoms with Gasteiger partial charge in [0.25, 0.3) is 5.91 Å². The van der Waals surface area contributed by atoms with E-state index in [2.05, 4.69) is 25.5 Å². The van der Waals surface area contributed by atoms with Crippen molar-refractivity contribution in [1.29, 1.82) is 0 Å². The molecule has 1 atom stereocenters. The molecule has 10 nitrogen and oxygen atoms in total. The maximum atomic E-state index is 12.8. The average Bonchev–Trinajstić information content (AvgIpc) is 3.21. The van der Waals surface area contributed by atoms with E-state index in [1.807, 2.05) is 41.3 Å². The van der Waals surface area contributed by atoms with Crippen LogP contribution in [0.25, 0.3) is 5.65 Å². The zero-order chi connectivity index (χ0) is 18.2. The minimum atomic E-state index is -0.609. The Balaban J connectivity index is 1.23. The van der Waals surface area contributed by atoms with Gasteiger partial charge in [0.15, 0.2) is 23.0 Å². The molecule has 5 rings (SSSR count). The number of piperazine rings is 1. The third kappa shape index (κ3) is 2.88. The van der Waals surface area contributed by atoms with Gasteiger partial charge in [0.1, 0.15) is 6.61 Å². The van der Waals surface area contributed by atoms with Crippen LogP contribution < -0.4 is 14.4 Å². The van der Waals surface area contributed by atoms with E-state index in [0.29, 0.717) is 43.3 Å². The molecule has 1 aromatic carbocycles. The number of carbonyl (C=O) groups is 1. The van der Waals surface area contributed by atoms with E-state index in [9.17, 15) is 4.79 Å². The van der Waals surface area contributed by atoms with Gasteiger partial charge in [0, 0.05) is 26.2 Å². The molecular weight excluding hydrogens is 350 g/mol. The van der Waals surface area contributed by atoms with Crippen molar-refractivity contribution in [2.24, 2.45) is 0 Å². The van der Waals surface area contributed by atoms with Crippen molar-refractivity contribution in [1.82, 2.24) is 30.2 Å². The first kappa shape index (κ1) is 15.8. The molecule has 1 saturated heterocycles. The number of rotatable bonds is 2. The van der Waals surface area contributed by atoms with Crippen molar-refractivity contribution in [3.05, 3.63) is 36.4 Å². The second kappa shape index (κ2) is 6.38. The highest BCUT2D eigenvalue weighted by Crippen LogP contribution is 2.31. The Morgan fingerprint density at radius 3 is 2.70 bits per heavy atom. The molecule has 4 heterocycles.